The van der Waals surface area contributed by atoms with Crippen LogP contribution in [0, 0.1) is 5.41 Å². The van der Waals surface area contributed by atoms with Crippen molar-refractivity contribution in [3.63, 3.8) is 0 Å². The van der Waals surface area contributed by atoms with Gasteiger partial charge in [0.05, 0.1) is 6.42 Å². The molecule has 100 valence electrons. The Balaban J connectivity index is 1.78. The Morgan fingerprint density at radius 2 is 2.44 bits per heavy atom. The van der Waals surface area contributed by atoms with Crippen LogP contribution in [0.1, 0.15) is 31.6 Å². The van der Waals surface area contributed by atoms with Gasteiger partial charge < -0.3 is 10.6 Å². The Bertz CT molecular complexity index is 387. The maximum Gasteiger partial charge on any atom is 0.225 e. The maximum atomic E-state index is 11.8. The molecule has 18 heavy (non-hydrogen) atoms. The third-order valence-electron chi connectivity index (χ3n) is 3.75. The van der Waals surface area contributed by atoms with Crippen LogP contribution < -0.4 is 10.6 Å². The molecule has 3 nitrogen and oxygen atoms in total. The van der Waals surface area contributed by atoms with Gasteiger partial charge in [-0.1, -0.05) is 19.9 Å². The first-order chi connectivity index (χ1) is 8.58. The Morgan fingerprint density at radius 1 is 1.61 bits per heavy atom. The van der Waals surface area contributed by atoms with Crippen molar-refractivity contribution in [1.82, 2.24) is 10.6 Å². The summed E-state index contributed by atoms with van der Waals surface area (Å²) in [6.45, 7) is 6.34. The van der Waals surface area contributed by atoms with Crippen molar-refractivity contribution in [3.8, 4) is 0 Å². The van der Waals surface area contributed by atoms with Crippen LogP contribution in [0.4, 0.5) is 0 Å². The highest BCUT2D eigenvalue weighted by Gasteiger charge is 2.31. The molecule has 4 heteroatoms. The summed E-state index contributed by atoms with van der Waals surface area (Å²) >= 11 is 1.64. The van der Waals surface area contributed by atoms with E-state index in [4.69, 9.17) is 0 Å². The van der Waals surface area contributed by atoms with E-state index in [1.807, 2.05) is 17.5 Å². The van der Waals surface area contributed by atoms with E-state index in [1.54, 1.807) is 11.3 Å². The smallest absolute Gasteiger partial charge is 0.225 e. The molecule has 1 aromatic heterocycles. The molecule has 0 saturated carbocycles. The predicted octanol–water partition coefficient (Wildman–Crippen LogP) is 2.18. The third kappa shape index (κ3) is 3.56. The molecule has 2 N–H and O–H groups in total. The summed E-state index contributed by atoms with van der Waals surface area (Å²) in [5.74, 6) is 0.126. The van der Waals surface area contributed by atoms with Gasteiger partial charge in [0.1, 0.15) is 0 Å². The van der Waals surface area contributed by atoms with Crippen molar-refractivity contribution in [2.24, 2.45) is 5.41 Å². The number of rotatable bonds is 4. The van der Waals surface area contributed by atoms with Gasteiger partial charge in [-0.25, -0.2) is 0 Å². The first kappa shape index (κ1) is 13.6. The van der Waals surface area contributed by atoms with Crippen LogP contribution in [-0.4, -0.2) is 25.0 Å². The van der Waals surface area contributed by atoms with Gasteiger partial charge in [0.2, 0.25) is 5.91 Å². The Labute approximate surface area is 113 Å². The molecule has 1 fully saturated rings. The Hall–Kier alpha value is -0.870. The average molecular weight is 266 g/mol. The first-order valence-electron chi connectivity index (χ1n) is 6.60. The highest BCUT2D eigenvalue weighted by atomic mass is 32.1. The molecule has 2 rings (SSSR count). The lowest BCUT2D eigenvalue weighted by molar-refractivity contribution is -0.120. The van der Waals surface area contributed by atoms with Crippen LogP contribution in [-0.2, 0) is 11.2 Å². The number of amides is 1. The minimum Gasteiger partial charge on any atom is -0.354 e. The van der Waals surface area contributed by atoms with Crippen LogP contribution >= 0.6 is 11.3 Å². The molecule has 1 saturated heterocycles. The zero-order chi connectivity index (χ0) is 13.0. The van der Waals surface area contributed by atoms with Crippen molar-refractivity contribution in [2.75, 3.05) is 13.1 Å². The molecule has 1 atom stereocenters. The lowest BCUT2D eigenvalue weighted by atomic mass is 9.77. The summed E-state index contributed by atoms with van der Waals surface area (Å²) in [6, 6.07) is 4.38. The van der Waals surface area contributed by atoms with Crippen molar-refractivity contribution >= 4 is 17.2 Å². The standard InChI is InChI=1S/C14H22N2OS/c1-14(2)6-4-7-15-12(14)10-16-13(17)9-11-5-3-8-18-11/h3,5,8,12,15H,4,6-7,9-10H2,1-2H3,(H,16,17). The monoisotopic (exact) mass is 266 g/mol. The lowest BCUT2D eigenvalue weighted by Gasteiger charge is -2.39. The van der Waals surface area contributed by atoms with Crippen molar-refractivity contribution in [1.29, 1.82) is 0 Å². The van der Waals surface area contributed by atoms with E-state index in [0.717, 1.165) is 18.0 Å². The average Bonchev–Trinajstić information content (AvgIpc) is 2.80. The number of hydrogen-bond acceptors (Lipinski definition) is 3. The van der Waals surface area contributed by atoms with Crippen molar-refractivity contribution in [3.05, 3.63) is 22.4 Å². The topological polar surface area (TPSA) is 41.1 Å². The zero-order valence-corrected chi connectivity index (χ0v) is 12.0. The molecule has 1 unspecified atom stereocenters. The van der Waals surface area contributed by atoms with E-state index >= 15 is 0 Å². The quantitative estimate of drug-likeness (QED) is 0.877. The summed E-state index contributed by atoms with van der Waals surface area (Å²) in [4.78, 5) is 13.0. The molecule has 0 bridgehead atoms. The van der Waals surface area contributed by atoms with E-state index in [0.29, 0.717) is 12.5 Å². The number of thiophene rings is 1. The van der Waals surface area contributed by atoms with Gasteiger partial charge in [0, 0.05) is 17.5 Å². The summed E-state index contributed by atoms with van der Waals surface area (Å²) in [7, 11) is 0. The molecule has 1 aromatic rings. The van der Waals surface area contributed by atoms with Gasteiger partial charge in [-0.3, -0.25) is 4.79 Å². The third-order valence-corrected chi connectivity index (χ3v) is 4.63. The van der Waals surface area contributed by atoms with Gasteiger partial charge in [-0.05, 0) is 36.2 Å². The van der Waals surface area contributed by atoms with Gasteiger partial charge in [0.25, 0.3) is 0 Å². The SMILES string of the molecule is CC1(C)CCCNC1CNC(=O)Cc1cccs1. The van der Waals surface area contributed by atoms with Crippen LogP contribution in [0.3, 0.4) is 0 Å². The molecule has 0 spiro atoms. The maximum absolute atomic E-state index is 11.8. The summed E-state index contributed by atoms with van der Waals surface area (Å²) in [5.41, 5.74) is 0.272. The number of carbonyl (C=O) groups excluding carboxylic acids is 1. The summed E-state index contributed by atoms with van der Waals surface area (Å²) < 4.78 is 0. The molecule has 2 heterocycles. The van der Waals surface area contributed by atoms with Gasteiger partial charge in [-0.2, -0.15) is 0 Å². The summed E-state index contributed by atoms with van der Waals surface area (Å²) in [5, 5.41) is 8.57. The minimum absolute atomic E-state index is 0.126. The first-order valence-corrected chi connectivity index (χ1v) is 7.48. The normalized spacial score (nSPS) is 22.7. The number of carbonyl (C=O) groups is 1. The van der Waals surface area contributed by atoms with Gasteiger partial charge in [-0.15, -0.1) is 11.3 Å². The fraction of sp³-hybridized carbons (Fsp3) is 0.643. The molecular weight excluding hydrogens is 244 g/mol. The fourth-order valence-corrected chi connectivity index (χ4v) is 3.17. The van der Waals surface area contributed by atoms with E-state index in [9.17, 15) is 4.79 Å². The lowest BCUT2D eigenvalue weighted by Crippen LogP contribution is -2.52. The minimum atomic E-state index is 0.126. The molecule has 1 aliphatic heterocycles. The number of nitrogens with one attached hydrogen (secondary N) is 2. The van der Waals surface area contributed by atoms with Crippen molar-refractivity contribution in [2.45, 2.75) is 39.2 Å². The highest BCUT2D eigenvalue weighted by Crippen LogP contribution is 2.29. The van der Waals surface area contributed by atoms with E-state index in [-0.39, 0.29) is 11.3 Å². The molecule has 0 aromatic carbocycles. The number of hydrogen-bond donors (Lipinski definition) is 2. The number of piperidine rings is 1. The Morgan fingerprint density at radius 3 is 3.11 bits per heavy atom. The zero-order valence-electron chi connectivity index (χ0n) is 11.2. The molecule has 1 aliphatic rings. The van der Waals surface area contributed by atoms with Crippen molar-refractivity contribution < 1.29 is 4.79 Å². The second-order valence-electron chi connectivity index (χ2n) is 5.66. The van der Waals surface area contributed by atoms with Crippen LogP contribution in [0.25, 0.3) is 0 Å². The summed E-state index contributed by atoms with van der Waals surface area (Å²) in [6.07, 6.45) is 2.96. The van der Waals surface area contributed by atoms with Crippen LogP contribution in [0.15, 0.2) is 17.5 Å². The molecule has 0 radical (unpaired) electrons. The van der Waals surface area contributed by atoms with Crippen LogP contribution in [0.5, 0.6) is 0 Å². The molecule has 0 aliphatic carbocycles. The van der Waals surface area contributed by atoms with E-state index < -0.39 is 0 Å². The Kier molecular flexibility index (Phi) is 4.40. The fourth-order valence-electron chi connectivity index (χ4n) is 2.47. The van der Waals surface area contributed by atoms with E-state index in [1.165, 1.54) is 12.8 Å². The highest BCUT2D eigenvalue weighted by molar-refractivity contribution is 7.10. The molecular formula is C14H22N2OS. The van der Waals surface area contributed by atoms with E-state index in [2.05, 4.69) is 24.5 Å². The second-order valence-corrected chi connectivity index (χ2v) is 6.69. The predicted molar refractivity (Wildman–Crippen MR) is 75.8 cm³/mol. The second kappa shape index (κ2) is 5.85. The largest absolute Gasteiger partial charge is 0.354 e. The van der Waals surface area contributed by atoms with Gasteiger partial charge >= 0.3 is 0 Å². The van der Waals surface area contributed by atoms with Crippen LogP contribution in [0.2, 0.25) is 0 Å². The molecule has 1 amide bonds. The van der Waals surface area contributed by atoms with Gasteiger partial charge in [0.15, 0.2) is 0 Å².